The van der Waals surface area contributed by atoms with Crippen LogP contribution in [0.5, 0.6) is 0 Å². The summed E-state index contributed by atoms with van der Waals surface area (Å²) in [5, 5.41) is 0. The van der Waals surface area contributed by atoms with Gasteiger partial charge >= 0.3 is 11.9 Å². The van der Waals surface area contributed by atoms with E-state index >= 15 is 0 Å². The van der Waals surface area contributed by atoms with Crippen LogP contribution in [0.15, 0.2) is 36.5 Å². The van der Waals surface area contributed by atoms with Gasteiger partial charge in [0.15, 0.2) is 6.10 Å². The van der Waals surface area contributed by atoms with Crippen LogP contribution in [0.2, 0.25) is 0 Å². The van der Waals surface area contributed by atoms with E-state index in [1.165, 1.54) is 64.2 Å². The van der Waals surface area contributed by atoms with Crippen molar-refractivity contribution in [3.63, 3.8) is 0 Å². The molecule has 0 fully saturated rings. The molecular weight excluding hydrogens is 665 g/mol. The van der Waals surface area contributed by atoms with Crippen molar-refractivity contribution in [2.75, 3.05) is 47.5 Å². The first-order valence-corrected chi connectivity index (χ1v) is 21.7. The minimum atomic E-state index is -4.63. The number of hydrogen-bond donors (Lipinski definition) is 0. The summed E-state index contributed by atoms with van der Waals surface area (Å²) in [6, 6.07) is 0. The quantitative estimate of drug-likeness (QED) is 0.0205. The van der Waals surface area contributed by atoms with Crippen LogP contribution in [-0.4, -0.2) is 70.0 Å². The summed E-state index contributed by atoms with van der Waals surface area (Å²) >= 11 is 0. The summed E-state index contributed by atoms with van der Waals surface area (Å²) in [7, 11) is 1.14. The molecule has 0 aliphatic heterocycles. The number of nitrogens with zero attached hydrogens (tertiary/aromatic N) is 1. The first-order valence-electron chi connectivity index (χ1n) is 20.2. The van der Waals surface area contributed by atoms with Gasteiger partial charge in [0.05, 0.1) is 27.7 Å². The summed E-state index contributed by atoms with van der Waals surface area (Å²) in [4.78, 5) is 37.3. The first kappa shape index (κ1) is 49.2. The normalized spacial score (nSPS) is 14.1. The molecule has 0 amide bonds. The molecule has 2 atom stereocenters. The highest BCUT2D eigenvalue weighted by molar-refractivity contribution is 7.45. The number of quaternary nitrogens is 1. The molecule has 0 radical (unpaired) electrons. The molecule has 0 aliphatic carbocycles. The van der Waals surface area contributed by atoms with Crippen molar-refractivity contribution in [2.45, 2.75) is 168 Å². The number of unbranched alkanes of at least 4 members (excludes halogenated alkanes) is 16. The maximum Gasteiger partial charge on any atom is 0.306 e. The number of carbonyl (C=O) groups is 2. The molecule has 0 N–H and O–H groups in total. The Balaban J connectivity index is 4.49. The molecule has 0 saturated heterocycles. The minimum absolute atomic E-state index is 0.0383. The lowest BCUT2D eigenvalue weighted by atomic mass is 10.1. The summed E-state index contributed by atoms with van der Waals surface area (Å²) in [6.45, 7) is 4.13. The van der Waals surface area contributed by atoms with E-state index in [0.717, 1.165) is 57.8 Å². The largest absolute Gasteiger partial charge is 0.756 e. The number of likely N-dealkylation sites (N-methyl/N-ethyl adjacent to an activating group) is 1. The van der Waals surface area contributed by atoms with E-state index in [4.69, 9.17) is 18.5 Å². The molecule has 298 valence electrons. The van der Waals surface area contributed by atoms with Gasteiger partial charge in [0.2, 0.25) is 0 Å². The number of ether oxygens (including phenoxy) is 2. The van der Waals surface area contributed by atoms with Gasteiger partial charge < -0.3 is 27.9 Å². The Labute approximate surface area is 312 Å². The van der Waals surface area contributed by atoms with Crippen molar-refractivity contribution in [3.8, 4) is 0 Å². The Morgan fingerprint density at radius 2 is 1.06 bits per heavy atom. The highest BCUT2D eigenvalue weighted by Gasteiger charge is 2.21. The fourth-order valence-electron chi connectivity index (χ4n) is 5.15. The Kier molecular flexibility index (Phi) is 32.8. The number of esters is 2. The van der Waals surface area contributed by atoms with Gasteiger partial charge in [-0.25, -0.2) is 0 Å². The molecule has 1 unspecified atom stereocenters. The fraction of sp³-hybridized carbons (Fsp3) is 0.805. The monoisotopic (exact) mass is 742 g/mol. The third-order valence-corrected chi connectivity index (χ3v) is 9.35. The molecule has 0 spiro atoms. The Bertz CT molecular complexity index is 975. The molecule has 0 aromatic carbocycles. The Morgan fingerprint density at radius 1 is 0.608 bits per heavy atom. The summed E-state index contributed by atoms with van der Waals surface area (Å²) in [5.74, 6) is -0.886. The summed E-state index contributed by atoms with van der Waals surface area (Å²) in [5.41, 5.74) is 0. The van der Waals surface area contributed by atoms with Crippen molar-refractivity contribution in [2.24, 2.45) is 0 Å². The van der Waals surface area contributed by atoms with Gasteiger partial charge in [-0.15, -0.1) is 0 Å². The number of phosphoric acid groups is 1. The topological polar surface area (TPSA) is 111 Å². The van der Waals surface area contributed by atoms with E-state index in [2.05, 4.69) is 50.3 Å². The number of hydrogen-bond acceptors (Lipinski definition) is 8. The predicted molar refractivity (Wildman–Crippen MR) is 208 cm³/mol. The molecule has 9 nitrogen and oxygen atoms in total. The van der Waals surface area contributed by atoms with Crippen LogP contribution in [-0.2, 0) is 32.7 Å². The van der Waals surface area contributed by atoms with Crippen molar-refractivity contribution in [1.29, 1.82) is 0 Å². The zero-order chi connectivity index (χ0) is 37.9. The van der Waals surface area contributed by atoms with Crippen LogP contribution < -0.4 is 4.89 Å². The zero-order valence-electron chi connectivity index (χ0n) is 33.3. The van der Waals surface area contributed by atoms with Crippen LogP contribution in [0.3, 0.4) is 0 Å². The number of phosphoric ester groups is 1. The molecule has 0 aliphatic rings. The van der Waals surface area contributed by atoms with E-state index in [1.54, 1.807) is 0 Å². The third-order valence-electron chi connectivity index (χ3n) is 8.38. The molecule has 51 heavy (non-hydrogen) atoms. The summed E-state index contributed by atoms with van der Waals surface area (Å²) in [6.07, 6.45) is 36.0. The summed E-state index contributed by atoms with van der Waals surface area (Å²) < 4.78 is 33.7. The molecule has 0 rings (SSSR count). The standard InChI is InChI=1S/C41H76NO8P/c1-6-8-10-12-14-16-18-20-21-22-24-26-28-30-32-34-41(44)50-39(38-49-51(45,46)48-36-35-42(3,4)5)37-47-40(43)33-31-29-27-25-23-19-17-15-13-11-9-7-2/h15,17,20-21,24,26,39H,6-14,16,18-19,22-23,25,27-38H2,1-5H3/b17-15+,21-20+,26-24+/t39-/m1/s1. The average Bonchev–Trinajstić information content (AvgIpc) is 3.07. The van der Waals surface area contributed by atoms with Crippen LogP contribution in [0.1, 0.15) is 162 Å². The van der Waals surface area contributed by atoms with Crippen LogP contribution in [0.4, 0.5) is 0 Å². The van der Waals surface area contributed by atoms with Gasteiger partial charge in [-0.3, -0.25) is 14.2 Å². The lowest BCUT2D eigenvalue weighted by Crippen LogP contribution is -2.37. The van der Waals surface area contributed by atoms with Gasteiger partial charge in [0.25, 0.3) is 7.82 Å². The fourth-order valence-corrected chi connectivity index (χ4v) is 5.88. The molecular formula is C41H76NO8P. The molecule has 10 heteroatoms. The number of carbonyl (C=O) groups excluding carboxylic acids is 2. The third kappa shape index (κ3) is 37.8. The van der Waals surface area contributed by atoms with Crippen LogP contribution in [0.25, 0.3) is 0 Å². The smallest absolute Gasteiger partial charge is 0.306 e. The SMILES string of the molecule is CCCCC/C=C/CCCCCCCC(=O)OC[C@H](COP(=O)([O-])OCC[N+](C)(C)C)OC(=O)CCCC/C=C/C/C=C/CCCCCCCC. The molecule has 0 saturated carbocycles. The van der Waals surface area contributed by atoms with Crippen molar-refractivity contribution >= 4 is 19.8 Å². The zero-order valence-corrected chi connectivity index (χ0v) is 34.2. The van der Waals surface area contributed by atoms with E-state index in [1.807, 2.05) is 21.1 Å². The second-order valence-corrected chi connectivity index (χ2v) is 16.1. The Morgan fingerprint density at radius 3 is 1.65 bits per heavy atom. The lowest BCUT2D eigenvalue weighted by Gasteiger charge is -2.28. The highest BCUT2D eigenvalue weighted by atomic mass is 31.2. The van der Waals surface area contributed by atoms with Crippen molar-refractivity contribution < 1.29 is 42.1 Å². The molecule has 0 heterocycles. The van der Waals surface area contributed by atoms with Gasteiger partial charge in [-0.05, 0) is 70.6 Å². The highest BCUT2D eigenvalue weighted by Crippen LogP contribution is 2.38. The maximum absolute atomic E-state index is 12.6. The maximum atomic E-state index is 12.6. The Hall–Kier alpha value is -1.77. The van der Waals surface area contributed by atoms with Crippen molar-refractivity contribution in [1.82, 2.24) is 0 Å². The van der Waals surface area contributed by atoms with E-state index in [0.29, 0.717) is 23.9 Å². The molecule has 0 aromatic heterocycles. The molecule has 0 aromatic rings. The number of rotatable bonds is 36. The number of allylic oxidation sites excluding steroid dienone is 6. The minimum Gasteiger partial charge on any atom is -0.756 e. The first-order chi connectivity index (χ1) is 24.5. The van der Waals surface area contributed by atoms with E-state index in [9.17, 15) is 19.0 Å². The van der Waals surface area contributed by atoms with Gasteiger partial charge in [-0.1, -0.05) is 115 Å². The van der Waals surface area contributed by atoms with Crippen molar-refractivity contribution in [3.05, 3.63) is 36.5 Å². The molecule has 0 bridgehead atoms. The lowest BCUT2D eigenvalue weighted by molar-refractivity contribution is -0.870. The van der Waals surface area contributed by atoms with Crippen LogP contribution in [0, 0.1) is 0 Å². The van der Waals surface area contributed by atoms with Gasteiger partial charge in [0, 0.05) is 12.8 Å². The second kappa shape index (κ2) is 34.0. The van der Waals surface area contributed by atoms with E-state index < -0.39 is 32.5 Å². The average molecular weight is 742 g/mol. The second-order valence-electron chi connectivity index (χ2n) is 14.6. The van der Waals surface area contributed by atoms with Gasteiger partial charge in [-0.2, -0.15) is 0 Å². The predicted octanol–water partition coefficient (Wildman–Crippen LogP) is 10.3. The van der Waals surface area contributed by atoms with Gasteiger partial charge in [0.1, 0.15) is 19.8 Å². The van der Waals surface area contributed by atoms with E-state index in [-0.39, 0.29) is 26.1 Å². The van der Waals surface area contributed by atoms with Crippen LogP contribution >= 0.6 is 7.82 Å².